The van der Waals surface area contributed by atoms with Crippen LogP contribution in [0, 0.1) is 0 Å². The van der Waals surface area contributed by atoms with Gasteiger partial charge in [-0.25, -0.2) is 4.98 Å². The van der Waals surface area contributed by atoms with Crippen LogP contribution in [0.2, 0.25) is 0 Å². The van der Waals surface area contributed by atoms with Gasteiger partial charge < -0.3 is 15.6 Å². The van der Waals surface area contributed by atoms with Crippen LogP contribution in [0.4, 0.5) is 0 Å². The van der Waals surface area contributed by atoms with E-state index >= 15 is 0 Å². The van der Waals surface area contributed by atoms with Gasteiger partial charge in [0.1, 0.15) is 5.65 Å². The minimum Gasteiger partial charge on any atom is -0.346 e. The van der Waals surface area contributed by atoms with Crippen molar-refractivity contribution in [3.8, 4) is 22.3 Å². The van der Waals surface area contributed by atoms with Crippen molar-refractivity contribution in [2.75, 3.05) is 13.1 Å². The minimum absolute atomic E-state index is 0.600. The van der Waals surface area contributed by atoms with Crippen molar-refractivity contribution in [1.82, 2.24) is 30.4 Å². The van der Waals surface area contributed by atoms with Gasteiger partial charge in [-0.15, -0.1) is 0 Å². The van der Waals surface area contributed by atoms with Crippen LogP contribution >= 0.6 is 0 Å². The number of pyridine rings is 1. The number of piperidine rings is 1. The van der Waals surface area contributed by atoms with Crippen molar-refractivity contribution in [3.63, 3.8) is 0 Å². The molecular formula is C29H30N6. The maximum Gasteiger partial charge on any atom is 0.137 e. The Kier molecular flexibility index (Phi) is 6.13. The van der Waals surface area contributed by atoms with E-state index in [2.05, 4.69) is 81.5 Å². The summed E-state index contributed by atoms with van der Waals surface area (Å²) >= 11 is 0. The van der Waals surface area contributed by atoms with Gasteiger partial charge in [0.05, 0.1) is 12.7 Å². The molecule has 3 aromatic heterocycles. The molecule has 5 aromatic rings. The van der Waals surface area contributed by atoms with Crippen molar-refractivity contribution in [2.24, 2.45) is 0 Å². The lowest BCUT2D eigenvalue weighted by molar-refractivity contribution is 0.386. The quantitative estimate of drug-likeness (QED) is 0.319. The van der Waals surface area contributed by atoms with Crippen LogP contribution in [0.5, 0.6) is 0 Å². The summed E-state index contributed by atoms with van der Waals surface area (Å²) in [7, 11) is 0. The van der Waals surface area contributed by atoms with Crippen molar-refractivity contribution in [1.29, 1.82) is 0 Å². The van der Waals surface area contributed by atoms with Gasteiger partial charge in [0, 0.05) is 53.3 Å². The van der Waals surface area contributed by atoms with Gasteiger partial charge in [-0.05, 0) is 54.8 Å². The molecule has 0 saturated carbocycles. The van der Waals surface area contributed by atoms with Crippen LogP contribution < -0.4 is 10.6 Å². The monoisotopic (exact) mass is 462 g/mol. The average Bonchev–Trinajstić information content (AvgIpc) is 3.55. The number of nitrogens with one attached hydrogen (secondary N) is 3. The zero-order valence-electron chi connectivity index (χ0n) is 19.7. The Morgan fingerprint density at radius 1 is 0.886 bits per heavy atom. The molecule has 6 heteroatoms. The summed E-state index contributed by atoms with van der Waals surface area (Å²) in [6.45, 7) is 3.86. The summed E-state index contributed by atoms with van der Waals surface area (Å²) in [5.41, 5.74) is 7.96. The number of rotatable bonds is 7. The van der Waals surface area contributed by atoms with Crippen LogP contribution in [-0.4, -0.2) is 38.9 Å². The largest absolute Gasteiger partial charge is 0.346 e. The van der Waals surface area contributed by atoms with E-state index in [-0.39, 0.29) is 0 Å². The molecule has 1 fully saturated rings. The number of fused-ring (bicyclic) bond motifs is 1. The third kappa shape index (κ3) is 4.90. The van der Waals surface area contributed by atoms with E-state index in [1.807, 2.05) is 29.3 Å². The molecule has 1 saturated heterocycles. The highest BCUT2D eigenvalue weighted by atomic mass is 15.3. The summed E-state index contributed by atoms with van der Waals surface area (Å²) in [6.07, 6.45) is 10.4. The van der Waals surface area contributed by atoms with Gasteiger partial charge in [0.15, 0.2) is 0 Å². The normalized spacial score (nSPS) is 14.5. The van der Waals surface area contributed by atoms with Crippen LogP contribution in [0.3, 0.4) is 0 Å². The molecule has 6 nitrogen and oxygen atoms in total. The Morgan fingerprint density at radius 3 is 2.63 bits per heavy atom. The number of hydrogen-bond donors (Lipinski definition) is 3. The Hall–Kier alpha value is -3.74. The molecule has 1 aliphatic rings. The van der Waals surface area contributed by atoms with Gasteiger partial charge in [-0.1, -0.05) is 48.5 Å². The van der Waals surface area contributed by atoms with Gasteiger partial charge in [-0.2, -0.15) is 5.10 Å². The Bertz CT molecular complexity index is 1410. The predicted molar refractivity (Wildman–Crippen MR) is 141 cm³/mol. The Labute approximate surface area is 205 Å². The van der Waals surface area contributed by atoms with Crippen molar-refractivity contribution >= 4 is 11.0 Å². The van der Waals surface area contributed by atoms with Crippen molar-refractivity contribution in [3.05, 3.63) is 96.6 Å². The number of H-pyrrole nitrogens is 1. The fraction of sp³-hybridized carbons (Fsp3) is 0.241. The van der Waals surface area contributed by atoms with Crippen LogP contribution in [0.15, 0.2) is 85.5 Å². The van der Waals surface area contributed by atoms with Crippen LogP contribution in [0.1, 0.15) is 24.0 Å². The van der Waals surface area contributed by atoms with Gasteiger partial charge in [0.2, 0.25) is 0 Å². The molecule has 0 amide bonds. The highest BCUT2D eigenvalue weighted by Gasteiger charge is 2.13. The lowest BCUT2D eigenvalue weighted by atomic mass is 10.0. The second-order valence-corrected chi connectivity index (χ2v) is 9.34. The maximum absolute atomic E-state index is 4.72. The van der Waals surface area contributed by atoms with Crippen molar-refractivity contribution in [2.45, 2.75) is 32.0 Å². The van der Waals surface area contributed by atoms with Crippen molar-refractivity contribution < 1.29 is 0 Å². The van der Waals surface area contributed by atoms with Crippen LogP contribution in [0.25, 0.3) is 33.3 Å². The number of aromatic amines is 1. The molecule has 0 bridgehead atoms. The zero-order valence-corrected chi connectivity index (χ0v) is 19.7. The third-order valence-electron chi connectivity index (χ3n) is 6.86. The first-order valence-corrected chi connectivity index (χ1v) is 12.4. The van der Waals surface area contributed by atoms with E-state index in [1.54, 1.807) is 0 Å². The van der Waals surface area contributed by atoms with Gasteiger partial charge in [0.25, 0.3) is 0 Å². The Morgan fingerprint density at radius 2 is 1.74 bits per heavy atom. The van der Waals surface area contributed by atoms with Gasteiger partial charge in [-0.3, -0.25) is 4.68 Å². The fourth-order valence-electron chi connectivity index (χ4n) is 4.91. The zero-order chi connectivity index (χ0) is 23.5. The SMILES string of the molecule is c1ccc(Cn2cc(-c3c[nH]c4ncc(-c5cccc(CNC6CCNCC6)c5)cc34)cn2)cc1. The lowest BCUT2D eigenvalue weighted by Crippen LogP contribution is -2.39. The molecule has 4 heterocycles. The average molecular weight is 463 g/mol. The standard InChI is InChI=1S/C29H30N6/c1-2-5-21(6-3-1)19-35-20-25(17-34-35)28-18-33-29-27(28)14-24(16-32-29)23-8-4-7-22(13-23)15-31-26-9-11-30-12-10-26/h1-8,13-14,16-18,20,26,30-31H,9-12,15,19H2,(H,32,33). The summed E-state index contributed by atoms with van der Waals surface area (Å²) in [5, 5.41) is 12.9. The smallest absolute Gasteiger partial charge is 0.137 e. The molecule has 2 aromatic carbocycles. The molecule has 0 radical (unpaired) electrons. The van der Waals surface area contributed by atoms with E-state index in [0.29, 0.717) is 6.04 Å². The molecule has 0 atom stereocenters. The molecule has 0 spiro atoms. The summed E-state index contributed by atoms with van der Waals surface area (Å²) < 4.78 is 1.99. The molecular weight excluding hydrogens is 432 g/mol. The number of aromatic nitrogens is 4. The molecule has 0 aliphatic carbocycles. The maximum atomic E-state index is 4.72. The summed E-state index contributed by atoms with van der Waals surface area (Å²) in [4.78, 5) is 8.05. The second kappa shape index (κ2) is 9.86. The molecule has 0 unspecified atom stereocenters. The molecule has 176 valence electrons. The molecule has 6 rings (SSSR count). The molecule has 3 N–H and O–H groups in total. The number of nitrogens with zero attached hydrogens (tertiary/aromatic N) is 3. The third-order valence-corrected chi connectivity index (χ3v) is 6.86. The van der Waals surface area contributed by atoms with E-state index in [9.17, 15) is 0 Å². The first-order chi connectivity index (χ1) is 17.3. The second-order valence-electron chi connectivity index (χ2n) is 9.34. The number of benzene rings is 2. The first-order valence-electron chi connectivity index (χ1n) is 12.4. The Balaban J connectivity index is 1.24. The van der Waals surface area contributed by atoms with Gasteiger partial charge >= 0.3 is 0 Å². The highest BCUT2D eigenvalue weighted by Crippen LogP contribution is 2.31. The lowest BCUT2D eigenvalue weighted by Gasteiger charge is -2.23. The predicted octanol–water partition coefficient (Wildman–Crippen LogP) is 4.98. The van der Waals surface area contributed by atoms with E-state index in [0.717, 1.165) is 53.9 Å². The fourth-order valence-corrected chi connectivity index (χ4v) is 4.91. The topological polar surface area (TPSA) is 70.6 Å². The molecule has 35 heavy (non-hydrogen) atoms. The van der Waals surface area contributed by atoms with E-state index < -0.39 is 0 Å². The number of hydrogen-bond acceptors (Lipinski definition) is 4. The highest BCUT2D eigenvalue weighted by molar-refractivity contribution is 5.95. The summed E-state index contributed by atoms with van der Waals surface area (Å²) in [6, 6.07) is 22.0. The van der Waals surface area contributed by atoms with Crippen LogP contribution in [-0.2, 0) is 13.1 Å². The summed E-state index contributed by atoms with van der Waals surface area (Å²) in [5.74, 6) is 0. The molecule has 1 aliphatic heterocycles. The first kappa shape index (κ1) is 21.8. The van der Waals surface area contributed by atoms with E-state index in [4.69, 9.17) is 4.98 Å². The van der Waals surface area contributed by atoms with E-state index in [1.165, 1.54) is 29.5 Å². The minimum atomic E-state index is 0.600.